The number of amides is 1. The molecule has 0 atom stereocenters. The lowest BCUT2D eigenvalue weighted by Crippen LogP contribution is -2.25. The zero-order valence-corrected chi connectivity index (χ0v) is 14.2. The fourth-order valence-corrected chi connectivity index (χ4v) is 3.31. The SMILES string of the molecule is O=C(NC1CC1)c1cccc(NS(=O)(=O)c2ccc(C(F)(F)F)cc2)c1. The van der Waals surface area contributed by atoms with Gasteiger partial charge >= 0.3 is 6.18 Å². The molecule has 3 rings (SSSR count). The molecule has 26 heavy (non-hydrogen) atoms. The molecule has 2 aromatic carbocycles. The van der Waals surface area contributed by atoms with Crippen molar-refractivity contribution in [1.82, 2.24) is 5.32 Å². The van der Waals surface area contributed by atoms with Gasteiger partial charge in [-0.25, -0.2) is 8.42 Å². The quantitative estimate of drug-likeness (QED) is 0.830. The first kappa shape index (κ1) is 18.2. The largest absolute Gasteiger partial charge is 0.416 e. The molecular formula is C17H15F3N2O3S. The predicted octanol–water partition coefficient (Wildman–Crippen LogP) is 3.40. The van der Waals surface area contributed by atoms with Crippen LogP contribution in [0.5, 0.6) is 0 Å². The molecule has 0 radical (unpaired) electrons. The molecule has 9 heteroatoms. The summed E-state index contributed by atoms with van der Waals surface area (Å²) in [6.07, 6.45) is -2.70. The lowest BCUT2D eigenvalue weighted by molar-refractivity contribution is -0.137. The molecule has 0 heterocycles. The lowest BCUT2D eigenvalue weighted by atomic mass is 10.2. The van der Waals surface area contributed by atoms with Crippen molar-refractivity contribution in [3.8, 4) is 0 Å². The van der Waals surface area contributed by atoms with Crippen LogP contribution in [-0.2, 0) is 16.2 Å². The average Bonchev–Trinajstić information content (AvgIpc) is 3.38. The van der Waals surface area contributed by atoms with Gasteiger partial charge in [0.1, 0.15) is 0 Å². The highest BCUT2D eigenvalue weighted by Gasteiger charge is 2.30. The van der Waals surface area contributed by atoms with Gasteiger partial charge in [-0.2, -0.15) is 13.2 Å². The Labute approximate surface area is 148 Å². The molecule has 1 saturated carbocycles. The van der Waals surface area contributed by atoms with Crippen molar-refractivity contribution < 1.29 is 26.4 Å². The summed E-state index contributed by atoms with van der Waals surface area (Å²) in [7, 11) is -4.08. The highest BCUT2D eigenvalue weighted by Crippen LogP contribution is 2.30. The monoisotopic (exact) mass is 384 g/mol. The van der Waals surface area contributed by atoms with Crippen LogP contribution in [0, 0.1) is 0 Å². The Balaban J connectivity index is 1.77. The van der Waals surface area contributed by atoms with Crippen LogP contribution < -0.4 is 10.0 Å². The number of hydrogen-bond donors (Lipinski definition) is 2. The number of carbonyl (C=O) groups excluding carboxylic acids is 1. The van der Waals surface area contributed by atoms with Crippen molar-refractivity contribution in [3.63, 3.8) is 0 Å². The summed E-state index contributed by atoms with van der Waals surface area (Å²) in [4.78, 5) is 11.7. The van der Waals surface area contributed by atoms with Gasteiger partial charge < -0.3 is 5.32 Å². The van der Waals surface area contributed by atoms with Gasteiger partial charge in [0, 0.05) is 17.3 Å². The molecule has 2 aromatic rings. The van der Waals surface area contributed by atoms with Gasteiger partial charge in [-0.1, -0.05) is 6.07 Å². The van der Waals surface area contributed by atoms with Gasteiger partial charge in [0.25, 0.3) is 15.9 Å². The number of carbonyl (C=O) groups is 1. The molecular weight excluding hydrogens is 369 g/mol. The molecule has 2 N–H and O–H groups in total. The van der Waals surface area contributed by atoms with Crippen molar-refractivity contribution in [2.24, 2.45) is 0 Å². The van der Waals surface area contributed by atoms with E-state index in [1.54, 1.807) is 6.07 Å². The predicted molar refractivity (Wildman–Crippen MR) is 89.2 cm³/mol. The van der Waals surface area contributed by atoms with E-state index in [9.17, 15) is 26.4 Å². The number of rotatable bonds is 5. The third-order valence-corrected chi connectivity index (χ3v) is 5.18. The maximum absolute atomic E-state index is 12.6. The summed E-state index contributed by atoms with van der Waals surface area (Å²) in [6.45, 7) is 0. The van der Waals surface area contributed by atoms with Crippen molar-refractivity contribution >= 4 is 21.6 Å². The minimum absolute atomic E-state index is 0.147. The molecule has 0 unspecified atom stereocenters. The molecule has 1 aliphatic carbocycles. The Morgan fingerprint density at radius 1 is 1.04 bits per heavy atom. The summed E-state index contributed by atoms with van der Waals surface area (Å²) in [5, 5.41) is 2.79. The Morgan fingerprint density at radius 2 is 1.69 bits per heavy atom. The van der Waals surface area contributed by atoms with Crippen LogP contribution in [0.15, 0.2) is 53.4 Å². The van der Waals surface area contributed by atoms with Crippen LogP contribution in [0.4, 0.5) is 18.9 Å². The minimum Gasteiger partial charge on any atom is -0.349 e. The molecule has 0 saturated heterocycles. The first-order chi connectivity index (χ1) is 12.1. The molecule has 0 spiro atoms. The maximum Gasteiger partial charge on any atom is 0.416 e. The topological polar surface area (TPSA) is 75.3 Å². The highest BCUT2D eigenvalue weighted by molar-refractivity contribution is 7.92. The zero-order valence-electron chi connectivity index (χ0n) is 13.4. The third kappa shape index (κ3) is 4.34. The molecule has 1 fully saturated rings. The normalized spacial score (nSPS) is 14.7. The fourth-order valence-electron chi connectivity index (χ4n) is 2.26. The fraction of sp³-hybridized carbons (Fsp3) is 0.235. The van der Waals surface area contributed by atoms with Crippen LogP contribution in [0.2, 0.25) is 0 Å². The summed E-state index contributed by atoms with van der Waals surface area (Å²) in [6, 6.07) is 9.23. The van der Waals surface area contributed by atoms with E-state index < -0.39 is 21.8 Å². The van der Waals surface area contributed by atoms with E-state index in [0.29, 0.717) is 17.7 Å². The first-order valence-corrected chi connectivity index (χ1v) is 9.24. The standard InChI is InChI=1S/C17H15F3N2O3S/c18-17(19,20)12-4-8-15(9-5-12)26(24,25)22-14-3-1-2-11(10-14)16(23)21-13-6-7-13/h1-5,8-10,13,22H,6-7H2,(H,21,23). The van der Waals surface area contributed by atoms with Crippen molar-refractivity contribution in [1.29, 1.82) is 0 Å². The van der Waals surface area contributed by atoms with E-state index >= 15 is 0 Å². The molecule has 5 nitrogen and oxygen atoms in total. The number of hydrogen-bond acceptors (Lipinski definition) is 3. The van der Waals surface area contributed by atoms with Crippen LogP contribution in [0.3, 0.4) is 0 Å². The van der Waals surface area contributed by atoms with Crippen molar-refractivity contribution in [2.45, 2.75) is 30.0 Å². The molecule has 0 aromatic heterocycles. The van der Waals surface area contributed by atoms with Crippen molar-refractivity contribution in [2.75, 3.05) is 4.72 Å². The summed E-state index contributed by atoms with van der Waals surface area (Å²) in [5.41, 5.74) is -0.493. The second-order valence-electron chi connectivity index (χ2n) is 5.96. The Hall–Kier alpha value is -2.55. The number of anilines is 1. The second kappa shape index (κ2) is 6.64. The van der Waals surface area contributed by atoms with Crippen LogP contribution in [-0.4, -0.2) is 20.4 Å². The molecule has 138 valence electrons. The molecule has 1 amide bonds. The zero-order chi connectivity index (χ0) is 18.9. The highest BCUT2D eigenvalue weighted by atomic mass is 32.2. The van der Waals surface area contributed by atoms with Crippen LogP contribution >= 0.6 is 0 Å². The molecule has 0 bridgehead atoms. The van der Waals surface area contributed by atoms with Gasteiger partial charge in [-0.3, -0.25) is 9.52 Å². The Bertz CT molecular complexity index is 921. The van der Waals surface area contributed by atoms with Gasteiger partial charge in [0.05, 0.1) is 10.5 Å². The number of sulfonamides is 1. The summed E-state index contributed by atoms with van der Waals surface area (Å²) >= 11 is 0. The molecule has 0 aliphatic heterocycles. The number of alkyl halides is 3. The number of benzene rings is 2. The Kier molecular flexibility index (Phi) is 4.66. The lowest BCUT2D eigenvalue weighted by Gasteiger charge is -2.11. The molecule has 1 aliphatic rings. The van der Waals surface area contributed by atoms with E-state index in [-0.39, 0.29) is 22.5 Å². The van der Waals surface area contributed by atoms with Crippen molar-refractivity contribution in [3.05, 3.63) is 59.7 Å². The Morgan fingerprint density at radius 3 is 2.27 bits per heavy atom. The first-order valence-electron chi connectivity index (χ1n) is 7.76. The van der Waals surface area contributed by atoms with Gasteiger partial charge in [-0.05, 0) is 55.3 Å². The second-order valence-corrected chi connectivity index (χ2v) is 7.64. The third-order valence-electron chi connectivity index (χ3n) is 3.78. The van der Waals surface area contributed by atoms with E-state index in [2.05, 4.69) is 10.0 Å². The average molecular weight is 384 g/mol. The van der Waals surface area contributed by atoms with E-state index in [1.807, 2.05) is 0 Å². The van der Waals surface area contributed by atoms with E-state index in [4.69, 9.17) is 0 Å². The van der Waals surface area contributed by atoms with Crippen LogP contribution in [0.25, 0.3) is 0 Å². The van der Waals surface area contributed by atoms with E-state index in [0.717, 1.165) is 25.0 Å². The number of nitrogens with one attached hydrogen (secondary N) is 2. The summed E-state index contributed by atoms with van der Waals surface area (Å²) < 4.78 is 64.7. The smallest absolute Gasteiger partial charge is 0.349 e. The van der Waals surface area contributed by atoms with Gasteiger partial charge in [0.2, 0.25) is 0 Å². The maximum atomic E-state index is 12.6. The van der Waals surface area contributed by atoms with Gasteiger partial charge in [0.15, 0.2) is 0 Å². The van der Waals surface area contributed by atoms with Gasteiger partial charge in [-0.15, -0.1) is 0 Å². The summed E-state index contributed by atoms with van der Waals surface area (Å²) in [5.74, 6) is -0.303. The minimum atomic E-state index is -4.54. The van der Waals surface area contributed by atoms with Crippen LogP contribution in [0.1, 0.15) is 28.8 Å². The van der Waals surface area contributed by atoms with E-state index in [1.165, 1.54) is 18.2 Å². The number of halogens is 3.